The zero-order chi connectivity index (χ0) is 24.2. The first-order valence-electron chi connectivity index (χ1n) is 11.9. The second-order valence-corrected chi connectivity index (χ2v) is 9.00. The van der Waals surface area contributed by atoms with Crippen molar-refractivity contribution in [1.82, 2.24) is 30.4 Å². The monoisotopic (exact) mass is 463 g/mol. The van der Waals surface area contributed by atoms with Gasteiger partial charge in [-0.1, -0.05) is 32.9 Å². The molecule has 1 aromatic carbocycles. The van der Waals surface area contributed by atoms with E-state index in [1.807, 2.05) is 50.1 Å². The predicted molar refractivity (Wildman–Crippen MR) is 131 cm³/mol. The van der Waals surface area contributed by atoms with Crippen molar-refractivity contribution in [3.63, 3.8) is 0 Å². The average Bonchev–Trinajstić information content (AvgIpc) is 3.34. The number of piperazine rings is 1. The normalized spacial score (nSPS) is 16.4. The third kappa shape index (κ3) is 4.94. The molecule has 9 heteroatoms. The molecule has 1 aliphatic heterocycles. The maximum Gasteiger partial charge on any atom is 0.268 e. The number of nitrogens with one attached hydrogen (secondary N) is 1. The maximum absolute atomic E-state index is 12.4. The van der Waals surface area contributed by atoms with Gasteiger partial charge in [0.15, 0.2) is 5.69 Å². The number of carbonyl (C=O) groups is 1. The van der Waals surface area contributed by atoms with Gasteiger partial charge in [0.05, 0.1) is 17.9 Å². The Balaban J connectivity index is 1.57. The Morgan fingerprint density at radius 2 is 1.91 bits per heavy atom. The number of aromatic nitrogens is 4. The van der Waals surface area contributed by atoms with Gasteiger partial charge in [-0.25, -0.2) is 4.98 Å². The summed E-state index contributed by atoms with van der Waals surface area (Å²) in [5.41, 5.74) is 3.34. The highest BCUT2D eigenvalue weighted by Gasteiger charge is 2.32. The number of rotatable bonds is 7. The lowest BCUT2D eigenvalue weighted by atomic mass is 9.99. The highest BCUT2D eigenvalue weighted by atomic mass is 16.4. The Morgan fingerprint density at radius 3 is 2.59 bits per heavy atom. The second-order valence-electron chi connectivity index (χ2n) is 9.00. The molecule has 4 rings (SSSR count). The second kappa shape index (κ2) is 10.3. The van der Waals surface area contributed by atoms with Crippen molar-refractivity contribution in [1.29, 1.82) is 0 Å². The average molecular weight is 464 g/mol. The Bertz CT molecular complexity index is 1130. The molecule has 1 N–H and O–H groups in total. The van der Waals surface area contributed by atoms with Crippen molar-refractivity contribution in [2.24, 2.45) is 5.92 Å². The number of hydrogen-bond acceptors (Lipinski definition) is 8. The zero-order valence-corrected chi connectivity index (χ0v) is 20.6. The fourth-order valence-corrected chi connectivity index (χ4v) is 4.30. The highest BCUT2D eigenvalue weighted by molar-refractivity contribution is 5.76. The molecule has 0 saturated carbocycles. The van der Waals surface area contributed by atoms with Crippen LogP contribution < -0.4 is 10.2 Å². The minimum atomic E-state index is 0.133. The van der Waals surface area contributed by atoms with Gasteiger partial charge in [0.25, 0.3) is 5.89 Å². The van der Waals surface area contributed by atoms with E-state index in [-0.39, 0.29) is 11.9 Å². The molecule has 2 aromatic heterocycles. The summed E-state index contributed by atoms with van der Waals surface area (Å²) in [5, 5.41) is 11.6. The molecular formula is C25H33N7O2. The third-order valence-electron chi connectivity index (χ3n) is 6.29. The summed E-state index contributed by atoms with van der Waals surface area (Å²) < 4.78 is 5.99. The topological polar surface area (TPSA) is 100 Å². The molecule has 1 amide bonds. The van der Waals surface area contributed by atoms with E-state index in [4.69, 9.17) is 9.40 Å². The van der Waals surface area contributed by atoms with Crippen molar-refractivity contribution in [3.05, 3.63) is 41.7 Å². The third-order valence-corrected chi connectivity index (χ3v) is 6.29. The van der Waals surface area contributed by atoms with Crippen molar-refractivity contribution in [3.8, 4) is 23.0 Å². The molecule has 3 aromatic rings. The fourth-order valence-electron chi connectivity index (χ4n) is 4.30. The molecule has 0 radical (unpaired) electrons. The molecular weight excluding hydrogens is 430 g/mol. The molecule has 0 unspecified atom stereocenters. The molecule has 1 atom stereocenters. The number of carbonyl (C=O) groups excluding carboxylic acids is 1. The first-order valence-corrected chi connectivity index (χ1v) is 11.9. The molecule has 34 heavy (non-hydrogen) atoms. The Hall–Kier alpha value is -3.33. The fraction of sp³-hybridized carbons (Fsp3) is 0.480. The smallest absolute Gasteiger partial charge is 0.268 e. The molecule has 9 nitrogen and oxygen atoms in total. The van der Waals surface area contributed by atoms with Gasteiger partial charge in [0.2, 0.25) is 11.8 Å². The Labute approximate surface area is 200 Å². The predicted octanol–water partition coefficient (Wildman–Crippen LogP) is 3.30. The lowest BCUT2D eigenvalue weighted by Crippen LogP contribution is -2.57. The number of hydrogen-bond donors (Lipinski definition) is 1. The van der Waals surface area contributed by atoms with Crippen LogP contribution in [0.5, 0.6) is 0 Å². The first-order chi connectivity index (χ1) is 16.4. The van der Waals surface area contributed by atoms with Crippen molar-refractivity contribution in [2.45, 2.75) is 46.7 Å². The van der Waals surface area contributed by atoms with Gasteiger partial charge in [-0.3, -0.25) is 9.78 Å². The van der Waals surface area contributed by atoms with E-state index in [9.17, 15) is 4.79 Å². The molecule has 1 aliphatic rings. The summed E-state index contributed by atoms with van der Waals surface area (Å²) in [6.07, 6.45) is 2.31. The molecule has 3 heterocycles. The van der Waals surface area contributed by atoms with Crippen LogP contribution in [0.1, 0.15) is 38.4 Å². The van der Waals surface area contributed by atoms with Gasteiger partial charge in [-0.05, 0) is 37.6 Å². The molecule has 0 bridgehead atoms. The highest BCUT2D eigenvalue weighted by Crippen LogP contribution is 2.28. The number of benzene rings is 1. The van der Waals surface area contributed by atoms with E-state index in [1.165, 1.54) is 5.56 Å². The summed E-state index contributed by atoms with van der Waals surface area (Å²) in [6, 6.07) is 8.16. The van der Waals surface area contributed by atoms with E-state index in [0.29, 0.717) is 49.4 Å². The standard InChI is InChI=1S/C25H33N7O2/c1-6-22(33)32-12-11-31(15-20(32)16(2)3)21-14-27-17(4)23(28-21)25-30-29-24(34-25)19-9-7-18(8-10-19)13-26-5/h7-10,14,16,20,26H,6,11-13,15H2,1-5H3/t20-/m0/s1. The van der Waals surface area contributed by atoms with Crippen LogP contribution in [0.15, 0.2) is 34.9 Å². The SMILES string of the molecule is CCC(=O)N1CCN(c2cnc(C)c(-c3nnc(-c4ccc(CNC)cc4)o3)n2)C[C@H]1C(C)C. The van der Waals surface area contributed by atoms with Gasteiger partial charge < -0.3 is 19.5 Å². The van der Waals surface area contributed by atoms with Crippen molar-refractivity contribution < 1.29 is 9.21 Å². The van der Waals surface area contributed by atoms with E-state index < -0.39 is 0 Å². The molecule has 0 aliphatic carbocycles. The summed E-state index contributed by atoms with van der Waals surface area (Å²) in [5.74, 6) is 2.09. The van der Waals surface area contributed by atoms with Crippen LogP contribution in [-0.2, 0) is 11.3 Å². The Kier molecular flexibility index (Phi) is 7.21. The van der Waals surface area contributed by atoms with Crippen LogP contribution in [0.4, 0.5) is 5.82 Å². The van der Waals surface area contributed by atoms with E-state index in [0.717, 1.165) is 23.6 Å². The van der Waals surface area contributed by atoms with E-state index in [1.54, 1.807) is 6.20 Å². The molecule has 1 fully saturated rings. The number of anilines is 1. The summed E-state index contributed by atoms with van der Waals surface area (Å²) in [6.45, 7) is 11.0. The van der Waals surface area contributed by atoms with Gasteiger partial charge >= 0.3 is 0 Å². The Morgan fingerprint density at radius 1 is 1.18 bits per heavy atom. The van der Waals surface area contributed by atoms with Crippen LogP contribution in [0.25, 0.3) is 23.0 Å². The lowest BCUT2D eigenvalue weighted by Gasteiger charge is -2.43. The largest absolute Gasteiger partial charge is 0.415 e. The zero-order valence-electron chi connectivity index (χ0n) is 20.6. The van der Waals surface area contributed by atoms with Crippen molar-refractivity contribution in [2.75, 3.05) is 31.6 Å². The van der Waals surface area contributed by atoms with Gasteiger partial charge in [0, 0.05) is 38.2 Å². The summed E-state index contributed by atoms with van der Waals surface area (Å²) in [7, 11) is 1.92. The number of nitrogens with zero attached hydrogens (tertiary/aromatic N) is 6. The lowest BCUT2D eigenvalue weighted by molar-refractivity contribution is -0.134. The summed E-state index contributed by atoms with van der Waals surface area (Å²) >= 11 is 0. The van der Waals surface area contributed by atoms with Crippen LogP contribution >= 0.6 is 0 Å². The van der Waals surface area contributed by atoms with Gasteiger partial charge in [-0.15, -0.1) is 10.2 Å². The van der Waals surface area contributed by atoms with Crippen LogP contribution in [-0.4, -0.2) is 63.7 Å². The summed E-state index contributed by atoms with van der Waals surface area (Å²) in [4.78, 5) is 26.0. The van der Waals surface area contributed by atoms with Gasteiger partial charge in [-0.2, -0.15) is 0 Å². The minimum Gasteiger partial charge on any atom is -0.415 e. The van der Waals surface area contributed by atoms with Crippen LogP contribution in [0.2, 0.25) is 0 Å². The molecule has 1 saturated heterocycles. The number of amides is 1. The quantitative estimate of drug-likeness (QED) is 0.570. The van der Waals surface area contributed by atoms with Crippen LogP contribution in [0.3, 0.4) is 0 Å². The number of aryl methyl sites for hydroxylation is 1. The van der Waals surface area contributed by atoms with Crippen molar-refractivity contribution >= 4 is 11.7 Å². The molecule has 0 spiro atoms. The molecule has 180 valence electrons. The van der Waals surface area contributed by atoms with Crippen LogP contribution in [0, 0.1) is 12.8 Å². The maximum atomic E-state index is 12.4. The van der Waals surface area contributed by atoms with E-state index in [2.05, 4.69) is 39.2 Å². The van der Waals surface area contributed by atoms with E-state index >= 15 is 0 Å². The van der Waals surface area contributed by atoms with Gasteiger partial charge in [0.1, 0.15) is 5.82 Å². The first kappa shape index (κ1) is 23.8. The minimum absolute atomic E-state index is 0.133.